The number of ether oxygens (including phenoxy) is 1. The Labute approximate surface area is 93.4 Å². The van der Waals surface area contributed by atoms with Gasteiger partial charge in [0.1, 0.15) is 11.6 Å². The largest absolute Gasteiger partial charge is 0.481 e. The smallest absolute Gasteiger partial charge is 0.312 e. The first-order valence-electron chi connectivity index (χ1n) is 4.78. The van der Waals surface area contributed by atoms with Gasteiger partial charge in [-0.1, -0.05) is 0 Å². The second-order valence-corrected chi connectivity index (χ2v) is 3.06. The topological polar surface area (TPSA) is 102 Å². The lowest BCUT2D eigenvalue weighted by Crippen LogP contribution is -2.33. The van der Waals surface area contributed by atoms with Gasteiger partial charge in [0.05, 0.1) is 7.11 Å². The van der Waals surface area contributed by atoms with Crippen LogP contribution in [0.1, 0.15) is 5.82 Å². The zero-order chi connectivity index (χ0) is 12.0. The third kappa shape index (κ3) is 3.99. The standard InChI is InChI=1S/C9H15N5O2/c1-6-13-7(5-8(14-6)16-2)11-3-4-12-9(10)15/h5H,3-4H2,1-2H3,(H3,10,12,15)(H,11,13,14). The molecule has 1 heterocycles. The van der Waals surface area contributed by atoms with Gasteiger partial charge >= 0.3 is 6.03 Å². The van der Waals surface area contributed by atoms with Crippen molar-refractivity contribution in [2.45, 2.75) is 6.92 Å². The molecule has 1 aromatic rings. The molecule has 0 radical (unpaired) electrons. The minimum atomic E-state index is -0.543. The SMILES string of the molecule is COc1cc(NCCNC(N)=O)nc(C)n1. The van der Waals surface area contributed by atoms with Gasteiger partial charge in [0.15, 0.2) is 0 Å². The van der Waals surface area contributed by atoms with Crippen molar-refractivity contribution >= 4 is 11.8 Å². The van der Waals surface area contributed by atoms with Crippen LogP contribution in [-0.2, 0) is 0 Å². The van der Waals surface area contributed by atoms with Crippen LogP contribution in [0.2, 0.25) is 0 Å². The van der Waals surface area contributed by atoms with Crippen molar-refractivity contribution in [1.82, 2.24) is 15.3 Å². The number of hydrogen-bond acceptors (Lipinski definition) is 5. The maximum Gasteiger partial charge on any atom is 0.312 e. The number of hydrogen-bond donors (Lipinski definition) is 3. The van der Waals surface area contributed by atoms with Crippen LogP contribution in [0, 0.1) is 6.92 Å². The number of amides is 2. The van der Waals surface area contributed by atoms with Crippen LogP contribution < -0.4 is 21.1 Å². The first-order valence-corrected chi connectivity index (χ1v) is 4.78. The molecular weight excluding hydrogens is 210 g/mol. The molecule has 0 saturated carbocycles. The average Bonchev–Trinajstić information content (AvgIpc) is 2.23. The number of rotatable bonds is 5. The molecule has 0 aliphatic carbocycles. The number of carbonyl (C=O) groups excluding carboxylic acids is 1. The molecule has 4 N–H and O–H groups in total. The van der Waals surface area contributed by atoms with Crippen LogP contribution in [0.5, 0.6) is 5.88 Å². The van der Waals surface area contributed by atoms with E-state index in [0.717, 1.165) is 0 Å². The number of urea groups is 1. The Morgan fingerprint density at radius 3 is 2.88 bits per heavy atom. The Hall–Kier alpha value is -2.05. The molecule has 7 heteroatoms. The molecule has 1 aromatic heterocycles. The Morgan fingerprint density at radius 2 is 2.25 bits per heavy atom. The Kier molecular flexibility index (Phi) is 4.31. The summed E-state index contributed by atoms with van der Waals surface area (Å²) in [6.07, 6.45) is 0. The third-order valence-electron chi connectivity index (χ3n) is 1.75. The number of primary amides is 1. The van der Waals surface area contributed by atoms with Crippen molar-refractivity contribution in [2.24, 2.45) is 5.73 Å². The molecule has 2 amide bonds. The van der Waals surface area contributed by atoms with Crippen LogP contribution in [-0.4, -0.2) is 36.2 Å². The average molecular weight is 225 g/mol. The molecule has 0 aliphatic rings. The highest BCUT2D eigenvalue weighted by Crippen LogP contribution is 2.11. The summed E-state index contributed by atoms with van der Waals surface area (Å²) in [6.45, 7) is 2.73. The number of anilines is 1. The van der Waals surface area contributed by atoms with Crippen molar-refractivity contribution in [3.63, 3.8) is 0 Å². The maximum atomic E-state index is 10.4. The predicted octanol–water partition coefficient (Wildman–Crippen LogP) is -0.126. The first kappa shape index (κ1) is 12.0. The monoisotopic (exact) mass is 225 g/mol. The van der Waals surface area contributed by atoms with E-state index in [4.69, 9.17) is 10.5 Å². The molecule has 88 valence electrons. The van der Waals surface area contributed by atoms with Gasteiger partial charge in [0, 0.05) is 19.2 Å². The quantitative estimate of drug-likeness (QED) is 0.606. The van der Waals surface area contributed by atoms with Crippen molar-refractivity contribution in [1.29, 1.82) is 0 Å². The van der Waals surface area contributed by atoms with Crippen molar-refractivity contribution in [3.05, 3.63) is 11.9 Å². The van der Waals surface area contributed by atoms with E-state index in [1.54, 1.807) is 20.1 Å². The van der Waals surface area contributed by atoms with Crippen LogP contribution in [0.3, 0.4) is 0 Å². The van der Waals surface area contributed by atoms with Crippen molar-refractivity contribution in [3.8, 4) is 5.88 Å². The van der Waals surface area contributed by atoms with Crippen molar-refractivity contribution in [2.75, 3.05) is 25.5 Å². The lowest BCUT2D eigenvalue weighted by Gasteiger charge is -2.07. The van der Waals surface area contributed by atoms with Crippen LogP contribution in [0.25, 0.3) is 0 Å². The Balaban J connectivity index is 2.47. The second kappa shape index (κ2) is 5.74. The van der Waals surface area contributed by atoms with E-state index >= 15 is 0 Å². The van der Waals surface area contributed by atoms with E-state index in [-0.39, 0.29) is 0 Å². The number of nitrogens with two attached hydrogens (primary N) is 1. The van der Waals surface area contributed by atoms with Gasteiger partial charge in [0.2, 0.25) is 5.88 Å². The lowest BCUT2D eigenvalue weighted by molar-refractivity contribution is 0.249. The fourth-order valence-corrected chi connectivity index (χ4v) is 1.11. The summed E-state index contributed by atoms with van der Waals surface area (Å²) in [7, 11) is 1.54. The molecule has 0 saturated heterocycles. The number of aromatic nitrogens is 2. The summed E-state index contributed by atoms with van der Waals surface area (Å²) in [5.74, 6) is 1.76. The molecule has 0 aliphatic heterocycles. The van der Waals surface area contributed by atoms with E-state index < -0.39 is 6.03 Å². The van der Waals surface area contributed by atoms with Gasteiger partial charge in [-0.3, -0.25) is 0 Å². The minimum absolute atomic E-state index is 0.431. The zero-order valence-corrected chi connectivity index (χ0v) is 9.28. The summed E-state index contributed by atoms with van der Waals surface area (Å²) < 4.78 is 5.00. The highest BCUT2D eigenvalue weighted by molar-refractivity contribution is 5.71. The van der Waals surface area contributed by atoms with Gasteiger partial charge in [-0.15, -0.1) is 0 Å². The fourth-order valence-electron chi connectivity index (χ4n) is 1.11. The summed E-state index contributed by atoms with van der Waals surface area (Å²) in [4.78, 5) is 18.6. The molecule has 0 unspecified atom stereocenters. The molecule has 1 rings (SSSR count). The summed E-state index contributed by atoms with van der Waals surface area (Å²) in [6, 6.07) is 1.13. The van der Waals surface area contributed by atoms with Gasteiger partial charge in [-0.05, 0) is 6.92 Å². The number of nitrogens with one attached hydrogen (secondary N) is 2. The fraction of sp³-hybridized carbons (Fsp3) is 0.444. The zero-order valence-electron chi connectivity index (χ0n) is 9.28. The second-order valence-electron chi connectivity index (χ2n) is 3.06. The van der Waals surface area contributed by atoms with Gasteiger partial charge < -0.3 is 21.1 Å². The Bertz CT molecular complexity index is 369. The van der Waals surface area contributed by atoms with E-state index in [1.807, 2.05) is 0 Å². The maximum absolute atomic E-state index is 10.4. The molecule has 0 fully saturated rings. The van der Waals surface area contributed by atoms with Gasteiger partial charge in [-0.2, -0.15) is 4.98 Å². The van der Waals surface area contributed by atoms with Crippen LogP contribution >= 0.6 is 0 Å². The van der Waals surface area contributed by atoms with Crippen LogP contribution in [0.4, 0.5) is 10.6 Å². The molecule has 16 heavy (non-hydrogen) atoms. The number of aryl methyl sites for hydroxylation is 1. The molecule has 7 nitrogen and oxygen atoms in total. The summed E-state index contributed by atoms with van der Waals surface area (Å²) >= 11 is 0. The van der Waals surface area contributed by atoms with E-state index in [1.165, 1.54) is 0 Å². The molecule has 0 aromatic carbocycles. The number of carbonyl (C=O) groups is 1. The molecule has 0 spiro atoms. The highest BCUT2D eigenvalue weighted by Gasteiger charge is 2.01. The van der Waals surface area contributed by atoms with E-state index in [2.05, 4.69) is 20.6 Å². The summed E-state index contributed by atoms with van der Waals surface area (Å²) in [5, 5.41) is 5.47. The van der Waals surface area contributed by atoms with E-state index in [0.29, 0.717) is 30.6 Å². The molecule has 0 atom stereocenters. The third-order valence-corrected chi connectivity index (χ3v) is 1.75. The number of methoxy groups -OCH3 is 1. The van der Waals surface area contributed by atoms with E-state index in [9.17, 15) is 4.79 Å². The molecular formula is C9H15N5O2. The van der Waals surface area contributed by atoms with Crippen molar-refractivity contribution < 1.29 is 9.53 Å². The van der Waals surface area contributed by atoms with Crippen LogP contribution in [0.15, 0.2) is 6.07 Å². The minimum Gasteiger partial charge on any atom is -0.481 e. The predicted molar refractivity (Wildman–Crippen MR) is 59.4 cm³/mol. The van der Waals surface area contributed by atoms with Gasteiger partial charge in [0.25, 0.3) is 0 Å². The summed E-state index contributed by atoms with van der Waals surface area (Å²) in [5.41, 5.74) is 4.92. The number of nitrogens with zero attached hydrogens (tertiary/aromatic N) is 2. The highest BCUT2D eigenvalue weighted by atomic mass is 16.5. The lowest BCUT2D eigenvalue weighted by atomic mass is 10.5. The first-order chi connectivity index (χ1) is 7.61. The van der Waals surface area contributed by atoms with Gasteiger partial charge in [-0.25, -0.2) is 9.78 Å². The Morgan fingerprint density at radius 1 is 1.50 bits per heavy atom. The normalized spacial score (nSPS) is 9.62. The molecule has 0 bridgehead atoms.